The molecule has 126 valence electrons. The maximum Gasteiger partial charge on any atom is 0.387 e. The fourth-order valence-electron chi connectivity index (χ4n) is 1.81. The summed E-state index contributed by atoms with van der Waals surface area (Å²) in [5, 5.41) is 18.4. The first-order valence-electron chi connectivity index (χ1n) is 7.19. The molecule has 0 unspecified atom stereocenters. The van der Waals surface area contributed by atoms with Gasteiger partial charge >= 0.3 is 6.61 Å². The van der Waals surface area contributed by atoms with Crippen LogP contribution in [0.4, 0.5) is 8.78 Å². The fourth-order valence-corrected chi connectivity index (χ4v) is 2.85. The smallest absolute Gasteiger partial charge is 0.387 e. The summed E-state index contributed by atoms with van der Waals surface area (Å²) >= 11 is 1.29. The Morgan fingerprint density at radius 2 is 1.87 bits per heavy atom. The first-order valence-corrected chi connectivity index (χ1v) is 8.18. The van der Waals surface area contributed by atoms with E-state index < -0.39 is 12.2 Å². The fraction of sp³-hybridized carbons (Fsp3) is 0.467. The Labute approximate surface area is 137 Å². The molecule has 0 bridgehead atoms. The van der Waals surface area contributed by atoms with E-state index in [9.17, 15) is 13.9 Å². The van der Waals surface area contributed by atoms with Gasteiger partial charge in [0.25, 0.3) is 5.22 Å². The normalized spacial score (nSPS) is 11.9. The van der Waals surface area contributed by atoms with Gasteiger partial charge < -0.3 is 14.3 Å². The second-order valence-corrected chi connectivity index (χ2v) is 5.92. The summed E-state index contributed by atoms with van der Waals surface area (Å²) in [4.78, 5) is 0. The molecule has 0 fully saturated rings. The highest BCUT2D eigenvalue weighted by molar-refractivity contribution is 7.99. The van der Waals surface area contributed by atoms with Crippen LogP contribution in [0, 0.1) is 0 Å². The van der Waals surface area contributed by atoms with Crippen LogP contribution < -0.4 is 4.74 Å². The van der Waals surface area contributed by atoms with Crippen LogP contribution in [0.2, 0.25) is 0 Å². The molecule has 0 radical (unpaired) electrons. The van der Waals surface area contributed by atoms with Crippen molar-refractivity contribution in [3.05, 3.63) is 24.3 Å². The van der Waals surface area contributed by atoms with Crippen LogP contribution in [0.15, 0.2) is 33.9 Å². The Hall–Kier alpha value is -1.67. The predicted octanol–water partition coefficient (Wildman–Crippen LogP) is 3.98. The minimum absolute atomic E-state index is 0.0637. The lowest BCUT2D eigenvalue weighted by Gasteiger charge is -2.23. The zero-order chi connectivity index (χ0) is 16.9. The van der Waals surface area contributed by atoms with Gasteiger partial charge in [-0.05, 0) is 37.1 Å². The molecule has 2 aromatic rings. The summed E-state index contributed by atoms with van der Waals surface area (Å²) in [7, 11) is 0. The van der Waals surface area contributed by atoms with Gasteiger partial charge in [0.2, 0.25) is 5.89 Å². The summed E-state index contributed by atoms with van der Waals surface area (Å²) in [5.41, 5.74) is -0.152. The summed E-state index contributed by atoms with van der Waals surface area (Å²) in [5.74, 6) is 0.810. The second-order valence-electron chi connectivity index (χ2n) is 5.00. The molecule has 2 rings (SSSR count). The Morgan fingerprint density at radius 3 is 2.43 bits per heavy atom. The molecule has 0 saturated heterocycles. The minimum atomic E-state index is -2.86. The zero-order valence-electron chi connectivity index (χ0n) is 12.8. The maximum atomic E-state index is 12.1. The molecular formula is C15H18F2N2O3S. The van der Waals surface area contributed by atoms with E-state index in [2.05, 4.69) is 14.9 Å². The number of thioether (sulfide) groups is 1. The van der Waals surface area contributed by atoms with E-state index in [1.54, 1.807) is 12.1 Å². The maximum absolute atomic E-state index is 12.1. The summed E-state index contributed by atoms with van der Waals surface area (Å²) in [6, 6.07) is 5.94. The molecule has 1 aromatic heterocycles. The standard InChI is InChI=1S/C15H18F2N2O3S/c1-3-15(20,4-2)9-23-14-19-18-12(22-14)10-5-7-11(8-6-10)21-13(16)17/h5-8,13,20H,3-4,9H2,1-2H3. The molecule has 5 nitrogen and oxygen atoms in total. The number of aliphatic hydroxyl groups is 1. The molecule has 0 saturated carbocycles. The summed E-state index contributed by atoms with van der Waals surface area (Å²) < 4.78 is 34.0. The van der Waals surface area contributed by atoms with E-state index in [-0.39, 0.29) is 11.6 Å². The van der Waals surface area contributed by atoms with Gasteiger partial charge in [0.15, 0.2) is 0 Å². The third kappa shape index (κ3) is 4.90. The molecule has 1 N–H and O–H groups in total. The highest BCUT2D eigenvalue weighted by Crippen LogP contribution is 2.29. The molecule has 1 heterocycles. The largest absolute Gasteiger partial charge is 0.435 e. The van der Waals surface area contributed by atoms with Crippen molar-refractivity contribution in [3.8, 4) is 17.2 Å². The van der Waals surface area contributed by atoms with Crippen LogP contribution in [-0.2, 0) is 0 Å². The lowest BCUT2D eigenvalue weighted by molar-refractivity contribution is -0.0498. The molecule has 1 aromatic carbocycles. The number of rotatable bonds is 8. The second kappa shape index (κ2) is 7.74. The van der Waals surface area contributed by atoms with Crippen molar-refractivity contribution in [1.82, 2.24) is 10.2 Å². The van der Waals surface area contributed by atoms with Crippen molar-refractivity contribution < 1.29 is 23.0 Å². The van der Waals surface area contributed by atoms with E-state index in [1.165, 1.54) is 23.9 Å². The Kier molecular flexibility index (Phi) is 5.95. The van der Waals surface area contributed by atoms with Crippen molar-refractivity contribution in [2.45, 2.75) is 44.1 Å². The minimum Gasteiger partial charge on any atom is -0.435 e. The first kappa shape index (κ1) is 17.7. The Morgan fingerprint density at radius 1 is 1.22 bits per heavy atom. The van der Waals surface area contributed by atoms with Gasteiger partial charge in [0.1, 0.15) is 5.75 Å². The van der Waals surface area contributed by atoms with Crippen molar-refractivity contribution in [1.29, 1.82) is 0 Å². The molecule has 0 amide bonds. The quantitative estimate of drug-likeness (QED) is 0.731. The molecule has 0 aliphatic heterocycles. The topological polar surface area (TPSA) is 68.4 Å². The van der Waals surface area contributed by atoms with Crippen LogP contribution >= 0.6 is 11.8 Å². The number of alkyl halides is 2. The monoisotopic (exact) mass is 344 g/mol. The summed E-state index contributed by atoms with van der Waals surface area (Å²) in [6.45, 7) is 0.988. The van der Waals surface area contributed by atoms with Crippen LogP contribution in [0.25, 0.3) is 11.5 Å². The van der Waals surface area contributed by atoms with Crippen molar-refractivity contribution >= 4 is 11.8 Å². The zero-order valence-corrected chi connectivity index (χ0v) is 13.6. The molecule has 0 aliphatic rings. The third-order valence-corrected chi connectivity index (χ3v) is 4.61. The number of hydrogen-bond donors (Lipinski definition) is 1. The third-order valence-electron chi connectivity index (χ3n) is 3.51. The number of ether oxygens (including phenoxy) is 1. The number of halogens is 2. The van der Waals surface area contributed by atoms with Crippen molar-refractivity contribution in [2.24, 2.45) is 0 Å². The molecule has 8 heteroatoms. The van der Waals surface area contributed by atoms with E-state index in [1.807, 2.05) is 13.8 Å². The van der Waals surface area contributed by atoms with E-state index in [4.69, 9.17) is 4.42 Å². The van der Waals surface area contributed by atoms with Gasteiger partial charge in [0, 0.05) is 11.3 Å². The molecular weight excluding hydrogens is 326 g/mol. The predicted molar refractivity (Wildman–Crippen MR) is 82.6 cm³/mol. The number of nitrogens with zero attached hydrogens (tertiary/aromatic N) is 2. The van der Waals surface area contributed by atoms with Crippen molar-refractivity contribution in [2.75, 3.05) is 5.75 Å². The van der Waals surface area contributed by atoms with Gasteiger partial charge in [-0.1, -0.05) is 25.6 Å². The van der Waals surface area contributed by atoms with Crippen molar-refractivity contribution in [3.63, 3.8) is 0 Å². The lowest BCUT2D eigenvalue weighted by atomic mass is 10.0. The molecule has 0 atom stereocenters. The Balaban J connectivity index is 2.01. The molecule has 0 aliphatic carbocycles. The Bertz CT molecular complexity index is 615. The van der Waals surface area contributed by atoms with Gasteiger partial charge in [-0.2, -0.15) is 8.78 Å². The highest BCUT2D eigenvalue weighted by Gasteiger charge is 2.23. The average molecular weight is 344 g/mol. The van der Waals surface area contributed by atoms with Gasteiger partial charge in [-0.15, -0.1) is 10.2 Å². The van der Waals surface area contributed by atoms with Gasteiger partial charge in [0.05, 0.1) is 5.60 Å². The molecule has 23 heavy (non-hydrogen) atoms. The van der Waals surface area contributed by atoms with Crippen LogP contribution in [0.5, 0.6) is 5.75 Å². The van der Waals surface area contributed by atoms with E-state index >= 15 is 0 Å². The van der Waals surface area contributed by atoms with E-state index in [0.29, 0.717) is 29.4 Å². The SMILES string of the molecule is CCC(O)(CC)CSc1nnc(-c2ccc(OC(F)F)cc2)o1. The number of benzene rings is 1. The summed E-state index contributed by atoms with van der Waals surface area (Å²) in [6.07, 6.45) is 1.28. The molecule has 0 spiro atoms. The number of aromatic nitrogens is 2. The lowest BCUT2D eigenvalue weighted by Crippen LogP contribution is -2.29. The first-order chi connectivity index (χ1) is 11.0. The van der Waals surface area contributed by atoms with Crippen LogP contribution in [-0.4, -0.2) is 33.3 Å². The average Bonchev–Trinajstić information content (AvgIpc) is 3.02. The van der Waals surface area contributed by atoms with Gasteiger partial charge in [-0.3, -0.25) is 0 Å². The van der Waals surface area contributed by atoms with E-state index in [0.717, 1.165) is 0 Å². The number of hydrogen-bond acceptors (Lipinski definition) is 6. The van der Waals surface area contributed by atoms with Crippen LogP contribution in [0.3, 0.4) is 0 Å². The highest BCUT2D eigenvalue weighted by atomic mass is 32.2. The van der Waals surface area contributed by atoms with Crippen LogP contribution in [0.1, 0.15) is 26.7 Å². The van der Waals surface area contributed by atoms with Gasteiger partial charge in [-0.25, -0.2) is 0 Å².